The van der Waals surface area contributed by atoms with Crippen LogP contribution in [0.1, 0.15) is 17.3 Å². The first kappa shape index (κ1) is 12.1. The van der Waals surface area contributed by atoms with Crippen molar-refractivity contribution in [3.63, 3.8) is 0 Å². The number of aliphatic imine (C=N–C) groups is 1. The minimum atomic E-state index is 0.0353. The van der Waals surface area contributed by atoms with Crippen molar-refractivity contribution in [3.05, 3.63) is 78.1 Å². The highest BCUT2D eigenvalue weighted by molar-refractivity contribution is 5.94. The van der Waals surface area contributed by atoms with Crippen molar-refractivity contribution in [2.45, 2.75) is 6.04 Å². The van der Waals surface area contributed by atoms with Crippen LogP contribution in [0.15, 0.2) is 71.9 Å². The highest BCUT2D eigenvalue weighted by Gasteiger charge is 2.23. The molecule has 0 spiro atoms. The Balaban J connectivity index is 1.76. The average molecular weight is 274 g/mol. The number of fused-ring (bicyclic) bond motifs is 1. The summed E-state index contributed by atoms with van der Waals surface area (Å²) in [5.74, 6) is 0.633. The minimum absolute atomic E-state index is 0.0353. The van der Waals surface area contributed by atoms with E-state index in [1.54, 1.807) is 6.20 Å². The molecule has 0 N–H and O–H groups in total. The van der Waals surface area contributed by atoms with Crippen molar-refractivity contribution in [2.75, 3.05) is 6.61 Å². The quantitative estimate of drug-likeness (QED) is 0.713. The lowest BCUT2D eigenvalue weighted by molar-refractivity contribution is 0.319. The molecule has 3 aromatic rings. The van der Waals surface area contributed by atoms with Gasteiger partial charge in [-0.05, 0) is 28.5 Å². The summed E-state index contributed by atoms with van der Waals surface area (Å²) >= 11 is 0. The van der Waals surface area contributed by atoms with Gasteiger partial charge in [0, 0.05) is 6.20 Å². The number of pyridine rings is 1. The summed E-state index contributed by atoms with van der Waals surface area (Å²) in [5, 5.41) is 2.47. The van der Waals surface area contributed by atoms with E-state index in [9.17, 15) is 0 Å². The van der Waals surface area contributed by atoms with Gasteiger partial charge < -0.3 is 4.74 Å². The van der Waals surface area contributed by atoms with Crippen molar-refractivity contribution in [1.82, 2.24) is 4.98 Å². The van der Waals surface area contributed by atoms with Gasteiger partial charge in [0.1, 0.15) is 18.3 Å². The summed E-state index contributed by atoms with van der Waals surface area (Å²) in [4.78, 5) is 9.01. The van der Waals surface area contributed by atoms with Crippen LogP contribution in [0.3, 0.4) is 0 Å². The van der Waals surface area contributed by atoms with E-state index in [4.69, 9.17) is 9.73 Å². The maximum Gasteiger partial charge on any atom is 0.236 e. The molecule has 2 aromatic carbocycles. The van der Waals surface area contributed by atoms with Gasteiger partial charge in [0.15, 0.2) is 0 Å². The number of rotatable bonds is 2. The molecule has 0 amide bonds. The van der Waals surface area contributed by atoms with Gasteiger partial charge in [-0.3, -0.25) is 4.98 Å². The van der Waals surface area contributed by atoms with Crippen LogP contribution in [0, 0.1) is 0 Å². The fraction of sp³-hybridized carbons (Fsp3) is 0.111. The molecule has 0 saturated heterocycles. The van der Waals surface area contributed by atoms with Gasteiger partial charge in [-0.25, -0.2) is 4.99 Å². The first-order chi connectivity index (χ1) is 10.4. The van der Waals surface area contributed by atoms with Gasteiger partial charge in [-0.1, -0.05) is 48.5 Å². The summed E-state index contributed by atoms with van der Waals surface area (Å²) in [6, 6.07) is 20.5. The Labute approximate surface area is 122 Å². The molecule has 2 heterocycles. The third-order valence-corrected chi connectivity index (χ3v) is 3.72. The summed E-state index contributed by atoms with van der Waals surface area (Å²) in [6.45, 7) is 0.569. The first-order valence-electron chi connectivity index (χ1n) is 7.01. The predicted molar refractivity (Wildman–Crippen MR) is 83.4 cm³/mol. The molecule has 102 valence electrons. The van der Waals surface area contributed by atoms with E-state index in [-0.39, 0.29) is 6.04 Å². The molecule has 0 bridgehead atoms. The van der Waals surface area contributed by atoms with Crippen molar-refractivity contribution in [1.29, 1.82) is 0 Å². The molecule has 0 aliphatic carbocycles. The Hall–Kier alpha value is -2.68. The highest BCUT2D eigenvalue weighted by atomic mass is 16.5. The van der Waals surface area contributed by atoms with Crippen molar-refractivity contribution in [3.8, 4) is 0 Å². The number of hydrogen-bond acceptors (Lipinski definition) is 3. The largest absolute Gasteiger partial charge is 0.474 e. The van der Waals surface area contributed by atoms with Gasteiger partial charge in [-0.2, -0.15) is 0 Å². The van der Waals surface area contributed by atoms with Crippen LogP contribution in [0.4, 0.5) is 0 Å². The van der Waals surface area contributed by atoms with Gasteiger partial charge >= 0.3 is 0 Å². The summed E-state index contributed by atoms with van der Waals surface area (Å²) in [6.07, 6.45) is 1.76. The summed E-state index contributed by atoms with van der Waals surface area (Å²) in [5.41, 5.74) is 2.00. The normalized spacial score (nSPS) is 17.5. The molecule has 1 aliphatic heterocycles. The lowest BCUT2D eigenvalue weighted by Crippen LogP contribution is -2.03. The Morgan fingerprint density at radius 3 is 2.67 bits per heavy atom. The van der Waals surface area contributed by atoms with Crippen molar-refractivity contribution >= 4 is 16.7 Å². The Bertz CT molecular complexity index is 806. The van der Waals surface area contributed by atoms with Crippen LogP contribution in [0.25, 0.3) is 10.8 Å². The lowest BCUT2D eigenvalue weighted by atomic mass is 10.00. The van der Waals surface area contributed by atoms with E-state index in [0.29, 0.717) is 12.5 Å². The number of nitrogens with zero attached hydrogens (tertiary/aromatic N) is 2. The third-order valence-electron chi connectivity index (χ3n) is 3.72. The van der Waals surface area contributed by atoms with Gasteiger partial charge in [-0.15, -0.1) is 0 Å². The smallest absolute Gasteiger partial charge is 0.236 e. The zero-order valence-corrected chi connectivity index (χ0v) is 11.4. The maximum absolute atomic E-state index is 5.74. The zero-order chi connectivity index (χ0) is 14.1. The maximum atomic E-state index is 5.74. The second-order valence-corrected chi connectivity index (χ2v) is 5.04. The van der Waals surface area contributed by atoms with E-state index >= 15 is 0 Å². The van der Waals surface area contributed by atoms with E-state index in [0.717, 1.165) is 5.69 Å². The lowest BCUT2D eigenvalue weighted by Gasteiger charge is -2.09. The SMILES string of the molecule is c1ccc(C2=NC(c3cccc4ccccc34)CO2)nc1. The fourth-order valence-electron chi connectivity index (χ4n) is 2.70. The molecule has 0 fully saturated rings. The number of aromatic nitrogens is 1. The second kappa shape index (κ2) is 5.02. The van der Waals surface area contributed by atoms with Crippen LogP contribution in [0.5, 0.6) is 0 Å². The van der Waals surface area contributed by atoms with Crippen LogP contribution in [-0.2, 0) is 4.74 Å². The van der Waals surface area contributed by atoms with Crippen LogP contribution in [0.2, 0.25) is 0 Å². The standard InChI is InChI=1S/C18H14N2O/c1-2-8-14-13(6-1)7-5-9-15(14)17-12-21-18(20-17)16-10-3-4-11-19-16/h1-11,17H,12H2. The van der Waals surface area contributed by atoms with Gasteiger partial charge in [0.2, 0.25) is 5.90 Å². The van der Waals surface area contributed by atoms with E-state index in [1.807, 2.05) is 18.2 Å². The molecule has 1 unspecified atom stereocenters. The molecule has 0 saturated carbocycles. The van der Waals surface area contributed by atoms with E-state index < -0.39 is 0 Å². The number of ether oxygens (including phenoxy) is 1. The monoisotopic (exact) mass is 274 g/mol. The molecule has 21 heavy (non-hydrogen) atoms. The predicted octanol–water partition coefficient (Wildman–Crippen LogP) is 3.75. The molecule has 4 rings (SSSR count). The second-order valence-electron chi connectivity index (χ2n) is 5.04. The average Bonchev–Trinajstić information content (AvgIpc) is 3.05. The van der Waals surface area contributed by atoms with Crippen LogP contribution in [-0.4, -0.2) is 17.5 Å². The Morgan fingerprint density at radius 2 is 1.76 bits per heavy atom. The Morgan fingerprint density at radius 1 is 0.905 bits per heavy atom. The van der Waals surface area contributed by atoms with E-state index in [1.165, 1.54) is 16.3 Å². The summed E-state index contributed by atoms with van der Waals surface area (Å²) < 4.78 is 5.74. The zero-order valence-electron chi connectivity index (χ0n) is 11.4. The number of benzene rings is 2. The molecule has 3 nitrogen and oxygen atoms in total. The molecular formula is C18H14N2O. The van der Waals surface area contributed by atoms with Crippen LogP contribution >= 0.6 is 0 Å². The third kappa shape index (κ3) is 2.17. The Kier molecular flexibility index (Phi) is 2.89. The molecule has 1 aliphatic rings. The fourth-order valence-corrected chi connectivity index (χ4v) is 2.70. The van der Waals surface area contributed by atoms with E-state index in [2.05, 4.69) is 47.4 Å². The first-order valence-corrected chi connectivity index (χ1v) is 7.01. The van der Waals surface area contributed by atoms with Crippen molar-refractivity contribution in [2.24, 2.45) is 4.99 Å². The highest BCUT2D eigenvalue weighted by Crippen LogP contribution is 2.30. The molecular weight excluding hydrogens is 260 g/mol. The van der Waals surface area contributed by atoms with Crippen molar-refractivity contribution < 1.29 is 4.74 Å². The topological polar surface area (TPSA) is 34.5 Å². The molecule has 1 aromatic heterocycles. The molecule has 3 heteroatoms. The summed E-state index contributed by atoms with van der Waals surface area (Å²) in [7, 11) is 0. The van der Waals surface area contributed by atoms with Gasteiger partial charge in [0.05, 0.1) is 0 Å². The molecule has 0 radical (unpaired) electrons. The van der Waals surface area contributed by atoms with Gasteiger partial charge in [0.25, 0.3) is 0 Å². The molecule has 1 atom stereocenters. The van der Waals surface area contributed by atoms with Crippen LogP contribution < -0.4 is 0 Å². The minimum Gasteiger partial charge on any atom is -0.474 e. The number of hydrogen-bond donors (Lipinski definition) is 0.